The molecule has 2 aromatic heterocycles. The third-order valence-electron chi connectivity index (χ3n) is 3.76. The molecule has 1 atom stereocenters. The molecule has 3 heterocycles. The number of nitrogens with zero attached hydrogens (tertiary/aromatic N) is 4. The van der Waals surface area contributed by atoms with Crippen LogP contribution in [-0.2, 0) is 6.42 Å². The Morgan fingerprint density at radius 1 is 1.30 bits per heavy atom. The standard InChI is InChI=1S/C15H13BrN4/c1-10-8-11-4-2-3-5-12(11)20(10)15-14-17-6-7-19(14)9-13(16)18-15/h2-7,9-10H,8H2,1H3. The molecule has 0 amide bonds. The lowest BCUT2D eigenvalue weighted by Crippen LogP contribution is -2.25. The van der Waals surface area contributed by atoms with Gasteiger partial charge in [0.05, 0.1) is 0 Å². The monoisotopic (exact) mass is 328 g/mol. The van der Waals surface area contributed by atoms with Gasteiger partial charge < -0.3 is 9.30 Å². The van der Waals surface area contributed by atoms with E-state index in [1.165, 1.54) is 11.3 Å². The second-order valence-electron chi connectivity index (χ2n) is 5.10. The van der Waals surface area contributed by atoms with Crippen molar-refractivity contribution in [3.05, 3.63) is 53.0 Å². The van der Waals surface area contributed by atoms with Crippen LogP contribution in [-0.4, -0.2) is 20.4 Å². The summed E-state index contributed by atoms with van der Waals surface area (Å²) in [4.78, 5) is 11.4. The van der Waals surface area contributed by atoms with Gasteiger partial charge in [-0.2, -0.15) is 0 Å². The van der Waals surface area contributed by atoms with Crippen molar-refractivity contribution in [2.45, 2.75) is 19.4 Å². The van der Waals surface area contributed by atoms with Crippen LogP contribution in [0.25, 0.3) is 5.65 Å². The number of rotatable bonds is 1. The summed E-state index contributed by atoms with van der Waals surface area (Å²) in [6.07, 6.45) is 6.72. The van der Waals surface area contributed by atoms with Crippen LogP contribution in [0.15, 0.2) is 47.5 Å². The van der Waals surface area contributed by atoms with Gasteiger partial charge in [-0.1, -0.05) is 18.2 Å². The Labute approximate surface area is 125 Å². The third kappa shape index (κ3) is 1.66. The lowest BCUT2D eigenvalue weighted by atomic mass is 10.1. The number of imidazole rings is 1. The van der Waals surface area contributed by atoms with Gasteiger partial charge in [0, 0.05) is 30.3 Å². The number of hydrogen-bond donors (Lipinski definition) is 0. The predicted octanol–water partition coefficient (Wildman–Crippen LogP) is 3.57. The fourth-order valence-electron chi connectivity index (χ4n) is 2.94. The summed E-state index contributed by atoms with van der Waals surface area (Å²) >= 11 is 3.49. The predicted molar refractivity (Wildman–Crippen MR) is 82.4 cm³/mol. The van der Waals surface area contributed by atoms with Crippen LogP contribution < -0.4 is 4.90 Å². The summed E-state index contributed by atoms with van der Waals surface area (Å²) in [7, 11) is 0. The van der Waals surface area contributed by atoms with E-state index in [9.17, 15) is 0 Å². The normalized spacial score (nSPS) is 17.7. The zero-order valence-electron chi connectivity index (χ0n) is 11.0. The maximum absolute atomic E-state index is 4.66. The number of aromatic nitrogens is 3. The van der Waals surface area contributed by atoms with E-state index in [1.807, 2.05) is 16.8 Å². The van der Waals surface area contributed by atoms with E-state index in [2.05, 4.69) is 62.0 Å². The van der Waals surface area contributed by atoms with Crippen molar-refractivity contribution < 1.29 is 0 Å². The fraction of sp³-hybridized carbons (Fsp3) is 0.200. The van der Waals surface area contributed by atoms with Gasteiger partial charge in [-0.15, -0.1) is 0 Å². The van der Waals surface area contributed by atoms with Crippen LogP contribution >= 0.6 is 15.9 Å². The summed E-state index contributed by atoms with van der Waals surface area (Å²) in [6.45, 7) is 2.22. The summed E-state index contributed by atoms with van der Waals surface area (Å²) in [5.41, 5.74) is 3.48. The minimum atomic E-state index is 0.384. The topological polar surface area (TPSA) is 33.4 Å². The molecule has 3 aromatic rings. The number of halogens is 1. The van der Waals surface area contributed by atoms with Gasteiger partial charge in [0.1, 0.15) is 4.60 Å². The van der Waals surface area contributed by atoms with Crippen molar-refractivity contribution in [1.29, 1.82) is 0 Å². The van der Waals surface area contributed by atoms with Gasteiger partial charge in [-0.25, -0.2) is 9.97 Å². The van der Waals surface area contributed by atoms with Gasteiger partial charge in [-0.05, 0) is 40.9 Å². The molecular weight excluding hydrogens is 316 g/mol. The van der Waals surface area contributed by atoms with Crippen LogP contribution in [0.3, 0.4) is 0 Å². The Hall–Kier alpha value is -1.88. The maximum Gasteiger partial charge on any atom is 0.180 e. The number of hydrogen-bond acceptors (Lipinski definition) is 3. The molecule has 5 heteroatoms. The molecule has 4 nitrogen and oxygen atoms in total. The van der Waals surface area contributed by atoms with Gasteiger partial charge >= 0.3 is 0 Å². The Kier molecular flexibility index (Phi) is 2.57. The molecule has 0 bridgehead atoms. The number of fused-ring (bicyclic) bond motifs is 2. The lowest BCUT2D eigenvalue weighted by Gasteiger charge is -2.24. The van der Waals surface area contributed by atoms with Crippen molar-refractivity contribution in [2.75, 3.05) is 4.90 Å². The van der Waals surface area contributed by atoms with E-state index in [1.54, 1.807) is 6.20 Å². The van der Waals surface area contributed by atoms with Crippen molar-refractivity contribution in [3.8, 4) is 0 Å². The van der Waals surface area contributed by atoms with Crippen LogP contribution in [0.1, 0.15) is 12.5 Å². The highest BCUT2D eigenvalue weighted by Gasteiger charge is 2.29. The first-order valence-electron chi connectivity index (χ1n) is 6.60. The molecule has 1 aliphatic rings. The van der Waals surface area contributed by atoms with Gasteiger partial charge in [0.25, 0.3) is 0 Å². The van der Waals surface area contributed by atoms with Crippen molar-refractivity contribution in [1.82, 2.24) is 14.4 Å². The average molecular weight is 329 g/mol. The van der Waals surface area contributed by atoms with E-state index in [-0.39, 0.29) is 0 Å². The molecule has 0 spiro atoms. The smallest absolute Gasteiger partial charge is 0.180 e. The first-order chi connectivity index (χ1) is 9.74. The molecule has 0 fully saturated rings. The molecule has 0 radical (unpaired) electrons. The highest BCUT2D eigenvalue weighted by atomic mass is 79.9. The van der Waals surface area contributed by atoms with Gasteiger partial charge in [0.15, 0.2) is 11.5 Å². The third-order valence-corrected chi connectivity index (χ3v) is 4.14. The van der Waals surface area contributed by atoms with Crippen LogP contribution in [0.2, 0.25) is 0 Å². The molecule has 0 N–H and O–H groups in total. The maximum atomic E-state index is 4.66. The van der Waals surface area contributed by atoms with E-state index >= 15 is 0 Å². The summed E-state index contributed by atoms with van der Waals surface area (Å²) in [5.74, 6) is 0.904. The van der Waals surface area contributed by atoms with Crippen LogP contribution in [0.4, 0.5) is 11.5 Å². The Balaban J connectivity index is 1.97. The molecule has 0 saturated heterocycles. The molecule has 20 heavy (non-hydrogen) atoms. The van der Waals surface area contributed by atoms with Crippen LogP contribution in [0.5, 0.6) is 0 Å². The molecule has 1 aliphatic heterocycles. The quantitative estimate of drug-likeness (QED) is 0.684. The summed E-state index contributed by atoms with van der Waals surface area (Å²) in [6, 6.07) is 8.89. The SMILES string of the molecule is CC1Cc2ccccc2N1c1nc(Br)cn2ccnc12. The van der Waals surface area contributed by atoms with Crippen molar-refractivity contribution >= 4 is 33.1 Å². The molecular formula is C15H13BrN4. The average Bonchev–Trinajstić information content (AvgIpc) is 3.00. The minimum absolute atomic E-state index is 0.384. The Morgan fingerprint density at radius 2 is 2.15 bits per heavy atom. The highest BCUT2D eigenvalue weighted by molar-refractivity contribution is 9.10. The molecule has 100 valence electrons. The van der Waals surface area contributed by atoms with Gasteiger partial charge in [-0.3, -0.25) is 0 Å². The lowest BCUT2D eigenvalue weighted by molar-refractivity contribution is 0.749. The number of para-hydroxylation sites is 1. The van der Waals surface area contributed by atoms with E-state index in [0.717, 1.165) is 22.5 Å². The Morgan fingerprint density at radius 3 is 3.05 bits per heavy atom. The highest BCUT2D eigenvalue weighted by Crippen LogP contribution is 2.38. The molecule has 0 saturated carbocycles. The summed E-state index contributed by atoms with van der Waals surface area (Å²) < 4.78 is 2.81. The van der Waals surface area contributed by atoms with E-state index in [0.29, 0.717) is 6.04 Å². The van der Waals surface area contributed by atoms with Crippen LogP contribution in [0, 0.1) is 0 Å². The van der Waals surface area contributed by atoms with E-state index in [4.69, 9.17) is 0 Å². The minimum Gasteiger partial charge on any atom is -0.320 e. The summed E-state index contributed by atoms with van der Waals surface area (Å²) in [5, 5.41) is 0. The molecule has 1 unspecified atom stereocenters. The fourth-order valence-corrected chi connectivity index (χ4v) is 3.32. The zero-order chi connectivity index (χ0) is 13.7. The number of benzene rings is 1. The Bertz CT molecular complexity index is 795. The molecule has 0 aliphatic carbocycles. The largest absolute Gasteiger partial charge is 0.320 e. The molecule has 1 aromatic carbocycles. The van der Waals surface area contributed by atoms with E-state index < -0.39 is 0 Å². The number of anilines is 2. The first-order valence-corrected chi connectivity index (χ1v) is 7.39. The second-order valence-corrected chi connectivity index (χ2v) is 5.91. The van der Waals surface area contributed by atoms with Crippen molar-refractivity contribution in [2.24, 2.45) is 0 Å². The second kappa shape index (κ2) is 4.31. The zero-order valence-corrected chi connectivity index (χ0v) is 12.6. The first kappa shape index (κ1) is 11.9. The molecule has 4 rings (SSSR count). The van der Waals surface area contributed by atoms with Gasteiger partial charge in [0.2, 0.25) is 0 Å². The van der Waals surface area contributed by atoms with Crippen molar-refractivity contribution in [3.63, 3.8) is 0 Å².